The number of nitrogens with zero attached hydrogens (tertiary/aromatic N) is 1. The molecule has 1 aliphatic rings. The number of methoxy groups -OCH3 is 1. The average molecular weight is 382 g/mol. The highest BCUT2D eigenvalue weighted by atomic mass is 16.5. The molecule has 0 spiro atoms. The molecule has 1 atom stereocenters. The fraction of sp³-hybridized carbons (Fsp3) is 0.364. The Kier molecular flexibility index (Phi) is 6.19. The quantitative estimate of drug-likeness (QED) is 0.709. The van der Waals surface area contributed by atoms with Crippen molar-refractivity contribution in [3.05, 3.63) is 53.6 Å². The Morgan fingerprint density at radius 1 is 1.18 bits per heavy atom. The third-order valence-electron chi connectivity index (χ3n) is 4.72. The Bertz CT molecular complexity index is 865. The van der Waals surface area contributed by atoms with Gasteiger partial charge in [0.1, 0.15) is 6.04 Å². The second-order valence-electron chi connectivity index (χ2n) is 6.80. The van der Waals surface area contributed by atoms with Gasteiger partial charge in [0.15, 0.2) is 11.5 Å². The summed E-state index contributed by atoms with van der Waals surface area (Å²) >= 11 is 0. The smallest absolute Gasteiger partial charge is 0.254 e. The number of nitrogens with one attached hydrogen (secondary N) is 1. The molecule has 0 aromatic heterocycles. The lowest BCUT2D eigenvalue weighted by Gasteiger charge is -2.19. The van der Waals surface area contributed by atoms with Crippen LogP contribution in [0.1, 0.15) is 43.9 Å². The fourth-order valence-corrected chi connectivity index (χ4v) is 3.33. The zero-order valence-electron chi connectivity index (χ0n) is 16.5. The van der Waals surface area contributed by atoms with E-state index in [0.717, 1.165) is 29.7 Å². The predicted molar refractivity (Wildman–Crippen MR) is 108 cm³/mol. The molecule has 0 unspecified atom stereocenters. The minimum Gasteiger partial charge on any atom is -0.493 e. The summed E-state index contributed by atoms with van der Waals surface area (Å²) < 4.78 is 11.2. The van der Waals surface area contributed by atoms with Gasteiger partial charge in [-0.2, -0.15) is 0 Å². The van der Waals surface area contributed by atoms with Crippen molar-refractivity contribution in [3.8, 4) is 11.5 Å². The number of hydrogen-bond acceptors (Lipinski definition) is 4. The molecule has 2 aromatic carbocycles. The van der Waals surface area contributed by atoms with Gasteiger partial charge in [0.25, 0.3) is 5.91 Å². The SMILES string of the molecule is CCCCOc1ccc(CN2C(=O)[C@@H](NC(C)=O)c3ccccc32)cc1OC. The lowest BCUT2D eigenvalue weighted by atomic mass is 10.1. The van der Waals surface area contributed by atoms with Crippen LogP contribution in [0.2, 0.25) is 0 Å². The van der Waals surface area contributed by atoms with E-state index >= 15 is 0 Å². The highest BCUT2D eigenvalue weighted by Gasteiger charge is 2.37. The molecule has 6 heteroatoms. The molecule has 0 saturated heterocycles. The van der Waals surface area contributed by atoms with Crippen molar-refractivity contribution in [1.82, 2.24) is 5.32 Å². The Morgan fingerprint density at radius 2 is 1.96 bits per heavy atom. The molecule has 148 valence electrons. The van der Waals surface area contributed by atoms with Gasteiger partial charge in [-0.05, 0) is 30.2 Å². The molecule has 6 nitrogen and oxygen atoms in total. The molecule has 1 aliphatic heterocycles. The van der Waals surface area contributed by atoms with Crippen LogP contribution >= 0.6 is 0 Å². The van der Waals surface area contributed by atoms with Crippen molar-refractivity contribution in [1.29, 1.82) is 0 Å². The number of carbonyl (C=O) groups is 2. The van der Waals surface area contributed by atoms with Crippen LogP contribution in [0, 0.1) is 0 Å². The fourth-order valence-electron chi connectivity index (χ4n) is 3.33. The highest BCUT2D eigenvalue weighted by Crippen LogP contribution is 2.37. The van der Waals surface area contributed by atoms with E-state index < -0.39 is 6.04 Å². The maximum atomic E-state index is 13.0. The number of unbranched alkanes of at least 4 members (excludes halogenated alkanes) is 1. The van der Waals surface area contributed by atoms with Crippen molar-refractivity contribution in [2.45, 2.75) is 39.3 Å². The van der Waals surface area contributed by atoms with Crippen LogP contribution in [0.5, 0.6) is 11.5 Å². The summed E-state index contributed by atoms with van der Waals surface area (Å²) in [5.74, 6) is 0.972. The van der Waals surface area contributed by atoms with Gasteiger partial charge in [-0.15, -0.1) is 0 Å². The number of anilines is 1. The van der Waals surface area contributed by atoms with Gasteiger partial charge in [0.05, 0.1) is 20.3 Å². The third-order valence-corrected chi connectivity index (χ3v) is 4.72. The van der Waals surface area contributed by atoms with Gasteiger partial charge in [0, 0.05) is 18.2 Å². The van der Waals surface area contributed by atoms with E-state index in [-0.39, 0.29) is 11.8 Å². The average Bonchev–Trinajstić information content (AvgIpc) is 2.94. The van der Waals surface area contributed by atoms with Crippen LogP contribution in [-0.4, -0.2) is 25.5 Å². The normalized spacial score (nSPS) is 15.3. The van der Waals surface area contributed by atoms with Gasteiger partial charge in [-0.3, -0.25) is 9.59 Å². The molecule has 0 bridgehead atoms. The molecule has 1 N–H and O–H groups in total. The Labute approximate surface area is 165 Å². The first-order chi connectivity index (χ1) is 13.5. The van der Waals surface area contributed by atoms with E-state index in [1.54, 1.807) is 12.0 Å². The van der Waals surface area contributed by atoms with Crippen molar-refractivity contribution in [3.63, 3.8) is 0 Å². The van der Waals surface area contributed by atoms with E-state index in [2.05, 4.69) is 12.2 Å². The molecule has 3 rings (SSSR count). The summed E-state index contributed by atoms with van der Waals surface area (Å²) in [6.07, 6.45) is 2.04. The van der Waals surface area contributed by atoms with E-state index in [9.17, 15) is 9.59 Å². The molecule has 0 saturated carbocycles. The third kappa shape index (κ3) is 4.11. The number of para-hydroxylation sites is 1. The Balaban J connectivity index is 1.83. The van der Waals surface area contributed by atoms with E-state index in [1.807, 2.05) is 42.5 Å². The topological polar surface area (TPSA) is 67.9 Å². The summed E-state index contributed by atoms with van der Waals surface area (Å²) in [6, 6.07) is 12.6. The highest BCUT2D eigenvalue weighted by molar-refractivity contribution is 6.06. The number of ether oxygens (including phenoxy) is 2. The molecular weight excluding hydrogens is 356 g/mol. The number of hydrogen-bond donors (Lipinski definition) is 1. The van der Waals surface area contributed by atoms with Crippen LogP contribution in [-0.2, 0) is 16.1 Å². The molecule has 2 aromatic rings. The van der Waals surface area contributed by atoms with E-state index in [0.29, 0.717) is 24.7 Å². The number of fused-ring (bicyclic) bond motifs is 1. The number of rotatable bonds is 8. The van der Waals surface area contributed by atoms with Crippen molar-refractivity contribution in [2.75, 3.05) is 18.6 Å². The van der Waals surface area contributed by atoms with Gasteiger partial charge in [-0.25, -0.2) is 0 Å². The van der Waals surface area contributed by atoms with Crippen molar-refractivity contribution < 1.29 is 19.1 Å². The van der Waals surface area contributed by atoms with Gasteiger partial charge >= 0.3 is 0 Å². The maximum absolute atomic E-state index is 13.0. The largest absolute Gasteiger partial charge is 0.493 e. The summed E-state index contributed by atoms with van der Waals surface area (Å²) in [4.78, 5) is 26.2. The van der Waals surface area contributed by atoms with Crippen LogP contribution in [0.25, 0.3) is 0 Å². The minimum atomic E-state index is -0.646. The summed E-state index contributed by atoms with van der Waals surface area (Å²) in [7, 11) is 1.61. The number of carbonyl (C=O) groups excluding carboxylic acids is 2. The zero-order chi connectivity index (χ0) is 20.1. The minimum absolute atomic E-state index is 0.140. The van der Waals surface area contributed by atoms with Gasteiger partial charge < -0.3 is 19.7 Å². The second kappa shape index (κ2) is 8.78. The van der Waals surface area contributed by atoms with E-state index in [1.165, 1.54) is 6.92 Å². The molecule has 28 heavy (non-hydrogen) atoms. The van der Waals surface area contributed by atoms with Gasteiger partial charge in [-0.1, -0.05) is 37.6 Å². The van der Waals surface area contributed by atoms with Crippen LogP contribution in [0.3, 0.4) is 0 Å². The molecule has 2 amide bonds. The molecule has 0 aliphatic carbocycles. The monoisotopic (exact) mass is 382 g/mol. The lowest BCUT2D eigenvalue weighted by molar-refractivity contribution is -0.126. The first kappa shape index (κ1) is 19.7. The lowest BCUT2D eigenvalue weighted by Crippen LogP contribution is -2.36. The Hall–Kier alpha value is -3.02. The molecular formula is C22H26N2O4. The first-order valence-electron chi connectivity index (χ1n) is 9.52. The summed E-state index contributed by atoms with van der Waals surface area (Å²) in [5, 5.41) is 2.75. The zero-order valence-corrected chi connectivity index (χ0v) is 16.5. The van der Waals surface area contributed by atoms with Crippen LogP contribution in [0.15, 0.2) is 42.5 Å². The van der Waals surface area contributed by atoms with Crippen molar-refractivity contribution >= 4 is 17.5 Å². The van der Waals surface area contributed by atoms with Crippen molar-refractivity contribution in [2.24, 2.45) is 0 Å². The summed E-state index contributed by atoms with van der Waals surface area (Å²) in [5.41, 5.74) is 2.55. The Morgan fingerprint density at radius 3 is 2.68 bits per heavy atom. The number of amides is 2. The molecule has 0 fully saturated rings. The van der Waals surface area contributed by atoms with Crippen LogP contribution < -0.4 is 19.7 Å². The predicted octanol–water partition coefficient (Wildman–Crippen LogP) is 3.60. The summed E-state index contributed by atoms with van der Waals surface area (Å²) in [6.45, 7) is 4.56. The molecule has 1 heterocycles. The van der Waals surface area contributed by atoms with E-state index in [4.69, 9.17) is 9.47 Å². The number of benzene rings is 2. The van der Waals surface area contributed by atoms with Gasteiger partial charge in [0.2, 0.25) is 5.91 Å². The molecule has 0 radical (unpaired) electrons. The van der Waals surface area contributed by atoms with Crippen LogP contribution in [0.4, 0.5) is 5.69 Å². The standard InChI is InChI=1S/C22H26N2O4/c1-4-5-12-28-19-11-10-16(13-20(19)27-3)14-24-18-9-7-6-8-17(18)21(22(24)26)23-15(2)25/h6-11,13,21H,4-5,12,14H2,1-3H3,(H,23,25)/t21-/m0/s1. The first-order valence-corrected chi connectivity index (χ1v) is 9.52. The second-order valence-corrected chi connectivity index (χ2v) is 6.80. The maximum Gasteiger partial charge on any atom is 0.254 e.